The normalized spacial score (nSPS) is 14.2. The quantitative estimate of drug-likeness (QED) is 0.907. The number of methoxy groups -OCH3 is 1. The third kappa shape index (κ3) is 2.52. The minimum Gasteiger partial charge on any atom is -0.497 e. The fourth-order valence-electron chi connectivity index (χ4n) is 2.29. The Morgan fingerprint density at radius 3 is 2.65 bits per heavy atom. The number of nitrogens with zero attached hydrogens (tertiary/aromatic N) is 2. The van der Waals surface area contributed by atoms with E-state index in [0.717, 1.165) is 30.0 Å². The van der Waals surface area contributed by atoms with Gasteiger partial charge in [0.2, 0.25) is 0 Å². The molecule has 1 saturated carbocycles. The highest BCUT2D eigenvalue weighted by molar-refractivity contribution is 5.69. The summed E-state index contributed by atoms with van der Waals surface area (Å²) in [5.41, 5.74) is 2.64. The van der Waals surface area contributed by atoms with Crippen LogP contribution in [0.1, 0.15) is 30.1 Å². The predicted octanol–water partition coefficient (Wildman–Crippen LogP) is 2.39. The third-order valence-electron chi connectivity index (χ3n) is 3.43. The lowest BCUT2D eigenvalue weighted by atomic mass is 10.2. The summed E-state index contributed by atoms with van der Waals surface area (Å²) in [5, 5.41) is 13.3. The van der Waals surface area contributed by atoms with Crippen molar-refractivity contribution < 1.29 is 14.6 Å². The fourth-order valence-corrected chi connectivity index (χ4v) is 2.29. The standard InChI is InChI=1S/C15H16N2O3/c1-20-13-6-4-12(5-7-13)17-14(10-2-3-10)8-11(16-17)9-15(18)19/h4-8,10H,2-3,9H2,1H3,(H,18,19). The molecule has 1 aliphatic carbocycles. The lowest BCUT2D eigenvalue weighted by molar-refractivity contribution is -0.136. The van der Waals surface area contributed by atoms with E-state index >= 15 is 0 Å². The average molecular weight is 272 g/mol. The zero-order valence-electron chi connectivity index (χ0n) is 11.2. The molecular weight excluding hydrogens is 256 g/mol. The number of carboxylic acid groups (broad SMARTS) is 1. The lowest BCUT2D eigenvalue weighted by Gasteiger charge is -2.07. The molecule has 1 aromatic heterocycles. The van der Waals surface area contributed by atoms with E-state index in [4.69, 9.17) is 9.84 Å². The number of aromatic nitrogens is 2. The minimum atomic E-state index is -0.855. The third-order valence-corrected chi connectivity index (χ3v) is 3.43. The molecule has 0 bridgehead atoms. The van der Waals surface area contributed by atoms with E-state index in [1.54, 1.807) is 7.11 Å². The van der Waals surface area contributed by atoms with Gasteiger partial charge in [-0.1, -0.05) is 0 Å². The van der Waals surface area contributed by atoms with Crippen LogP contribution in [0.4, 0.5) is 0 Å². The first-order valence-electron chi connectivity index (χ1n) is 6.62. The van der Waals surface area contributed by atoms with Crippen LogP contribution in [-0.4, -0.2) is 28.0 Å². The molecule has 0 atom stereocenters. The highest BCUT2D eigenvalue weighted by atomic mass is 16.5. The molecule has 0 saturated heterocycles. The van der Waals surface area contributed by atoms with Gasteiger partial charge in [-0.2, -0.15) is 5.10 Å². The van der Waals surface area contributed by atoms with E-state index < -0.39 is 5.97 Å². The summed E-state index contributed by atoms with van der Waals surface area (Å²) < 4.78 is 7.00. The maximum absolute atomic E-state index is 10.8. The first-order valence-corrected chi connectivity index (χ1v) is 6.62. The molecule has 1 heterocycles. The van der Waals surface area contributed by atoms with Gasteiger partial charge in [0.1, 0.15) is 5.75 Å². The Kier molecular flexibility index (Phi) is 3.18. The van der Waals surface area contributed by atoms with Gasteiger partial charge in [-0.15, -0.1) is 0 Å². The molecule has 1 N–H and O–H groups in total. The van der Waals surface area contributed by atoms with E-state index in [0.29, 0.717) is 11.6 Å². The van der Waals surface area contributed by atoms with Gasteiger partial charge in [-0.25, -0.2) is 4.68 Å². The average Bonchev–Trinajstić information content (AvgIpc) is 3.20. The second-order valence-corrected chi connectivity index (χ2v) is 5.02. The molecule has 104 valence electrons. The van der Waals surface area contributed by atoms with E-state index in [-0.39, 0.29) is 6.42 Å². The fraction of sp³-hybridized carbons (Fsp3) is 0.333. The zero-order chi connectivity index (χ0) is 14.1. The first kappa shape index (κ1) is 12.7. The van der Waals surface area contributed by atoms with E-state index in [2.05, 4.69) is 5.10 Å². The number of rotatable bonds is 5. The van der Waals surface area contributed by atoms with E-state index in [1.165, 1.54) is 0 Å². The van der Waals surface area contributed by atoms with E-state index in [9.17, 15) is 4.79 Å². The van der Waals surface area contributed by atoms with Crippen molar-refractivity contribution in [2.75, 3.05) is 7.11 Å². The van der Waals surface area contributed by atoms with E-state index in [1.807, 2.05) is 35.0 Å². The van der Waals surface area contributed by atoms with Crippen LogP contribution in [0.25, 0.3) is 5.69 Å². The van der Waals surface area contributed by atoms with Crippen molar-refractivity contribution in [1.29, 1.82) is 0 Å². The molecule has 1 aliphatic rings. The second kappa shape index (κ2) is 5.00. The largest absolute Gasteiger partial charge is 0.497 e. The number of hydrogen-bond acceptors (Lipinski definition) is 3. The van der Waals surface area contributed by atoms with Crippen LogP contribution < -0.4 is 4.74 Å². The first-order chi connectivity index (χ1) is 9.67. The second-order valence-electron chi connectivity index (χ2n) is 5.02. The smallest absolute Gasteiger partial charge is 0.309 e. The molecule has 0 amide bonds. The number of benzene rings is 1. The van der Waals surface area contributed by atoms with Gasteiger partial charge in [0.25, 0.3) is 0 Å². The van der Waals surface area contributed by atoms with Crippen LogP contribution in [-0.2, 0) is 11.2 Å². The van der Waals surface area contributed by atoms with Crippen LogP contribution >= 0.6 is 0 Å². The molecule has 5 nitrogen and oxygen atoms in total. The molecule has 20 heavy (non-hydrogen) atoms. The minimum absolute atomic E-state index is 0.0388. The van der Waals surface area contributed by atoms with Crippen molar-refractivity contribution in [3.05, 3.63) is 41.7 Å². The van der Waals surface area contributed by atoms with Gasteiger partial charge in [-0.05, 0) is 43.2 Å². The van der Waals surface area contributed by atoms with Crippen LogP contribution in [0.15, 0.2) is 30.3 Å². The molecule has 0 spiro atoms. The summed E-state index contributed by atoms with van der Waals surface area (Å²) in [5.74, 6) is 0.443. The monoisotopic (exact) mass is 272 g/mol. The summed E-state index contributed by atoms with van der Waals surface area (Å²) in [6.45, 7) is 0. The van der Waals surface area contributed by atoms with Crippen LogP contribution in [0, 0.1) is 0 Å². The van der Waals surface area contributed by atoms with Crippen LogP contribution in [0.5, 0.6) is 5.75 Å². The van der Waals surface area contributed by atoms with Gasteiger partial charge in [0, 0.05) is 11.6 Å². The Bertz CT molecular complexity index is 627. The molecule has 5 heteroatoms. The van der Waals surface area contributed by atoms with Crippen LogP contribution in [0.2, 0.25) is 0 Å². The Morgan fingerprint density at radius 2 is 2.10 bits per heavy atom. The summed E-state index contributed by atoms with van der Waals surface area (Å²) in [6.07, 6.45) is 2.26. The maximum atomic E-state index is 10.8. The number of aliphatic carboxylic acids is 1. The van der Waals surface area contributed by atoms with Gasteiger partial charge >= 0.3 is 5.97 Å². The van der Waals surface area contributed by atoms with Gasteiger partial charge in [0.15, 0.2) is 0 Å². The Morgan fingerprint density at radius 1 is 1.40 bits per heavy atom. The Labute approximate surface area is 116 Å². The van der Waals surface area contributed by atoms with Gasteiger partial charge in [0.05, 0.1) is 24.9 Å². The summed E-state index contributed by atoms with van der Waals surface area (Å²) in [4.78, 5) is 10.8. The summed E-state index contributed by atoms with van der Waals surface area (Å²) in [7, 11) is 1.63. The molecular formula is C15H16N2O3. The van der Waals surface area contributed by atoms with Crippen molar-refractivity contribution in [2.24, 2.45) is 0 Å². The predicted molar refractivity (Wildman–Crippen MR) is 73.4 cm³/mol. The van der Waals surface area contributed by atoms with Crippen molar-refractivity contribution in [3.8, 4) is 11.4 Å². The summed E-state index contributed by atoms with van der Waals surface area (Å²) >= 11 is 0. The molecule has 2 aromatic rings. The summed E-state index contributed by atoms with van der Waals surface area (Å²) in [6, 6.07) is 9.54. The van der Waals surface area contributed by atoms with Crippen molar-refractivity contribution in [2.45, 2.75) is 25.2 Å². The molecule has 0 aliphatic heterocycles. The van der Waals surface area contributed by atoms with Crippen LogP contribution in [0.3, 0.4) is 0 Å². The number of carbonyl (C=O) groups is 1. The van der Waals surface area contributed by atoms with Gasteiger partial charge in [-0.3, -0.25) is 4.79 Å². The van der Waals surface area contributed by atoms with Gasteiger partial charge < -0.3 is 9.84 Å². The number of ether oxygens (including phenoxy) is 1. The zero-order valence-corrected chi connectivity index (χ0v) is 11.2. The maximum Gasteiger partial charge on any atom is 0.309 e. The molecule has 0 radical (unpaired) electrons. The van der Waals surface area contributed by atoms with Crippen molar-refractivity contribution >= 4 is 5.97 Å². The molecule has 0 unspecified atom stereocenters. The highest BCUT2D eigenvalue weighted by Crippen LogP contribution is 2.41. The Balaban J connectivity index is 1.97. The lowest BCUT2D eigenvalue weighted by Crippen LogP contribution is -2.03. The SMILES string of the molecule is COc1ccc(-n2nc(CC(=O)O)cc2C2CC2)cc1. The molecule has 3 rings (SSSR count). The topological polar surface area (TPSA) is 64.4 Å². The Hall–Kier alpha value is -2.30. The number of hydrogen-bond donors (Lipinski definition) is 1. The molecule has 1 aromatic carbocycles. The number of carboxylic acids is 1. The highest BCUT2D eigenvalue weighted by Gasteiger charge is 2.28. The molecule has 1 fully saturated rings. The van der Waals surface area contributed by atoms with Crippen molar-refractivity contribution in [3.63, 3.8) is 0 Å². The van der Waals surface area contributed by atoms with Crippen molar-refractivity contribution in [1.82, 2.24) is 9.78 Å².